The summed E-state index contributed by atoms with van der Waals surface area (Å²) in [4.78, 5) is 5.14. The Morgan fingerprint density at radius 1 is 1.00 bits per heavy atom. The van der Waals surface area contributed by atoms with Crippen LogP contribution < -0.4 is 0 Å². The third-order valence-corrected chi connectivity index (χ3v) is 3.30. The minimum Gasteiger partial charge on any atom is -0.346 e. The molecule has 1 aliphatic rings. The summed E-state index contributed by atoms with van der Waals surface area (Å²) in [6.07, 6.45) is 5.43. The number of hydrogen-bond donors (Lipinski definition) is 0. The van der Waals surface area contributed by atoms with Crippen LogP contribution in [0.4, 0.5) is 0 Å². The van der Waals surface area contributed by atoms with Crippen LogP contribution in [-0.4, -0.2) is 49.9 Å². The largest absolute Gasteiger partial charge is 0.346 e. The smallest absolute Gasteiger partial charge is 0.185 e. The molecule has 0 radical (unpaired) electrons. The number of piperazine rings is 1. The van der Waals surface area contributed by atoms with Gasteiger partial charge in [-0.25, -0.2) is 0 Å². The summed E-state index contributed by atoms with van der Waals surface area (Å²) < 4.78 is 0. The van der Waals surface area contributed by atoms with Gasteiger partial charge < -0.3 is 4.81 Å². The number of hydrogen-bond acceptors (Lipinski definition) is 2. The van der Waals surface area contributed by atoms with Crippen molar-refractivity contribution in [3.8, 4) is 0 Å². The maximum absolute atomic E-state index is 2.70. The lowest BCUT2D eigenvalue weighted by atomic mass is 10.0. The summed E-state index contributed by atoms with van der Waals surface area (Å²) in [5.74, 6) is 0. The molecule has 0 N–H and O–H groups in total. The van der Waals surface area contributed by atoms with E-state index in [2.05, 4.69) is 31.5 Å². The van der Waals surface area contributed by atoms with E-state index in [1.54, 1.807) is 0 Å². The van der Waals surface area contributed by atoms with Crippen molar-refractivity contribution in [2.24, 2.45) is 0 Å². The van der Waals surface area contributed by atoms with Gasteiger partial charge in [-0.15, -0.1) is 0 Å². The Morgan fingerprint density at radius 2 is 1.50 bits per heavy atom. The van der Waals surface area contributed by atoms with E-state index in [-0.39, 0.29) is 0 Å². The maximum Gasteiger partial charge on any atom is 0.185 e. The molecule has 0 saturated carbocycles. The molecule has 0 aliphatic carbocycles. The second-order valence-electron chi connectivity index (χ2n) is 4.57. The van der Waals surface area contributed by atoms with Crippen LogP contribution in [-0.2, 0) is 0 Å². The molecule has 1 heterocycles. The summed E-state index contributed by atoms with van der Waals surface area (Å²) in [6, 6.07) is 0.860. The molecule has 3 heteroatoms. The summed E-state index contributed by atoms with van der Waals surface area (Å²) >= 11 is 0. The molecule has 0 atom stereocenters. The minimum atomic E-state index is 0.860. The first-order valence-corrected chi connectivity index (χ1v) is 6.20. The molecule has 1 aliphatic heterocycles. The van der Waals surface area contributed by atoms with Crippen molar-refractivity contribution in [3.63, 3.8) is 0 Å². The minimum absolute atomic E-state index is 0.860. The molecule has 1 saturated heterocycles. The molecular formula is C11H25BN2. The van der Waals surface area contributed by atoms with Gasteiger partial charge in [0.2, 0.25) is 0 Å². The van der Waals surface area contributed by atoms with Gasteiger partial charge in [-0.05, 0) is 25.9 Å². The first kappa shape index (κ1) is 12.1. The van der Waals surface area contributed by atoms with Gasteiger partial charge in [0.05, 0.1) is 0 Å². The van der Waals surface area contributed by atoms with E-state index in [4.69, 9.17) is 0 Å². The molecule has 82 valence electrons. The first-order valence-electron chi connectivity index (χ1n) is 6.20. The first-order chi connectivity index (χ1) is 6.77. The fourth-order valence-corrected chi connectivity index (χ4v) is 2.36. The topological polar surface area (TPSA) is 6.48 Å². The zero-order valence-corrected chi connectivity index (χ0v) is 10.1. The Balaban J connectivity index is 2.34. The molecule has 0 unspecified atom stereocenters. The summed E-state index contributed by atoms with van der Waals surface area (Å²) in [6.45, 7) is 9.67. The molecule has 0 bridgehead atoms. The van der Waals surface area contributed by atoms with Crippen LogP contribution in [0, 0.1) is 0 Å². The van der Waals surface area contributed by atoms with E-state index in [1.807, 2.05) is 0 Å². The van der Waals surface area contributed by atoms with Crippen molar-refractivity contribution < 1.29 is 0 Å². The second-order valence-corrected chi connectivity index (χ2v) is 4.57. The average Bonchev–Trinajstić information content (AvgIpc) is 2.19. The van der Waals surface area contributed by atoms with Crippen molar-refractivity contribution >= 4 is 7.98 Å². The molecule has 0 spiro atoms. The van der Waals surface area contributed by atoms with Gasteiger partial charge in [-0.3, -0.25) is 4.90 Å². The predicted octanol–water partition coefficient (Wildman–Crippen LogP) is 1.12. The van der Waals surface area contributed by atoms with E-state index < -0.39 is 0 Å². The number of rotatable bonds is 5. The summed E-state index contributed by atoms with van der Waals surface area (Å²) in [7, 11) is 2.23. The van der Waals surface area contributed by atoms with Crippen LogP contribution in [0.5, 0.6) is 0 Å². The fraction of sp³-hybridized carbons (Fsp3) is 1.00. The molecule has 1 fully saturated rings. The molecule has 14 heavy (non-hydrogen) atoms. The molecule has 1 rings (SSSR count). The van der Waals surface area contributed by atoms with E-state index in [0.717, 1.165) is 6.04 Å². The van der Waals surface area contributed by atoms with Crippen LogP contribution in [0.25, 0.3) is 0 Å². The van der Waals surface area contributed by atoms with Gasteiger partial charge >= 0.3 is 0 Å². The summed E-state index contributed by atoms with van der Waals surface area (Å²) in [5.41, 5.74) is 0. The van der Waals surface area contributed by atoms with Crippen molar-refractivity contribution in [2.75, 3.05) is 26.2 Å². The maximum atomic E-state index is 2.70. The fourth-order valence-electron chi connectivity index (χ4n) is 2.36. The lowest BCUT2D eigenvalue weighted by Crippen LogP contribution is -2.49. The highest BCUT2D eigenvalue weighted by Gasteiger charge is 2.20. The van der Waals surface area contributed by atoms with Crippen LogP contribution in [0.2, 0.25) is 0 Å². The van der Waals surface area contributed by atoms with Gasteiger partial charge in [0.1, 0.15) is 0 Å². The third kappa shape index (κ3) is 3.62. The lowest BCUT2D eigenvalue weighted by Gasteiger charge is -2.38. The Hall–Kier alpha value is -0.0151. The van der Waals surface area contributed by atoms with Gasteiger partial charge in [0.25, 0.3) is 0 Å². The Labute approximate surface area is 90.1 Å². The second kappa shape index (κ2) is 6.47. The van der Waals surface area contributed by atoms with Crippen molar-refractivity contribution in [1.82, 2.24) is 9.71 Å². The zero-order valence-electron chi connectivity index (χ0n) is 10.1. The predicted molar refractivity (Wildman–Crippen MR) is 65.3 cm³/mol. The van der Waals surface area contributed by atoms with Crippen molar-refractivity contribution in [1.29, 1.82) is 0 Å². The van der Waals surface area contributed by atoms with Crippen molar-refractivity contribution in [2.45, 2.75) is 45.6 Å². The van der Waals surface area contributed by atoms with Gasteiger partial charge in [0.15, 0.2) is 7.98 Å². The highest BCUT2D eigenvalue weighted by Crippen LogP contribution is 2.14. The molecule has 2 nitrogen and oxygen atoms in total. The SMILES string of the molecule is BN1CCN(C(CCC)CCC)CC1. The van der Waals surface area contributed by atoms with Crippen LogP contribution >= 0.6 is 0 Å². The molecular weight excluding hydrogens is 171 g/mol. The third-order valence-electron chi connectivity index (χ3n) is 3.30. The van der Waals surface area contributed by atoms with Crippen LogP contribution in [0.1, 0.15) is 39.5 Å². The highest BCUT2D eigenvalue weighted by molar-refractivity contribution is 6.04. The zero-order chi connectivity index (χ0) is 10.4. The normalized spacial score (nSPS) is 20.5. The number of nitrogens with zero attached hydrogens (tertiary/aromatic N) is 2. The van der Waals surface area contributed by atoms with Gasteiger partial charge in [0, 0.05) is 19.1 Å². The highest BCUT2D eigenvalue weighted by atomic mass is 15.2. The molecule has 0 amide bonds. The summed E-state index contributed by atoms with van der Waals surface area (Å²) in [5, 5.41) is 0. The van der Waals surface area contributed by atoms with Gasteiger partial charge in [-0.1, -0.05) is 26.7 Å². The lowest BCUT2D eigenvalue weighted by molar-refractivity contribution is 0.125. The van der Waals surface area contributed by atoms with Crippen molar-refractivity contribution in [3.05, 3.63) is 0 Å². The molecule has 0 aromatic carbocycles. The average molecular weight is 196 g/mol. The monoisotopic (exact) mass is 196 g/mol. The Bertz CT molecular complexity index is 138. The molecule has 0 aromatic rings. The van der Waals surface area contributed by atoms with E-state index in [0.29, 0.717) is 0 Å². The Morgan fingerprint density at radius 3 is 1.93 bits per heavy atom. The molecule has 0 aromatic heterocycles. The standard InChI is InChI=1S/C11H25BN2/c1-3-5-11(6-4-2)13-7-9-14(12)10-8-13/h11H,3-10,12H2,1-2H3. The Kier molecular flexibility index (Phi) is 5.57. The van der Waals surface area contributed by atoms with Crippen LogP contribution in [0.3, 0.4) is 0 Å². The van der Waals surface area contributed by atoms with E-state index in [1.165, 1.54) is 51.9 Å². The van der Waals surface area contributed by atoms with Crippen LogP contribution in [0.15, 0.2) is 0 Å². The quantitative estimate of drug-likeness (QED) is 0.608. The van der Waals surface area contributed by atoms with E-state index in [9.17, 15) is 0 Å². The van der Waals surface area contributed by atoms with E-state index >= 15 is 0 Å². The van der Waals surface area contributed by atoms with Gasteiger partial charge in [-0.2, -0.15) is 0 Å².